The molecule has 0 atom stereocenters. The number of nitrogens with two attached hydrogens (primary N) is 1. The van der Waals surface area contributed by atoms with Crippen LogP contribution in [-0.2, 0) is 19.5 Å². The number of benzene rings is 1. The molecule has 3 rings (SSSR count). The van der Waals surface area contributed by atoms with Gasteiger partial charge in [0.1, 0.15) is 5.82 Å². The first kappa shape index (κ1) is 13.8. The van der Waals surface area contributed by atoms with Crippen LogP contribution in [0.5, 0.6) is 0 Å². The molecule has 0 unspecified atom stereocenters. The van der Waals surface area contributed by atoms with Crippen molar-refractivity contribution in [3.05, 3.63) is 41.9 Å². The van der Waals surface area contributed by atoms with E-state index in [-0.39, 0.29) is 0 Å². The minimum Gasteiger partial charge on any atom is -0.334 e. The average Bonchev–Trinajstić information content (AvgIpc) is 2.93. The second kappa shape index (κ2) is 6.53. The van der Waals surface area contributed by atoms with Gasteiger partial charge in [0.15, 0.2) is 0 Å². The first-order valence-corrected chi connectivity index (χ1v) is 7.22. The van der Waals surface area contributed by atoms with E-state index >= 15 is 0 Å². The predicted molar refractivity (Wildman–Crippen MR) is 79.8 cm³/mol. The zero-order valence-electron chi connectivity index (χ0n) is 11.9. The van der Waals surface area contributed by atoms with Crippen molar-refractivity contribution < 1.29 is 0 Å². The third-order valence-corrected chi connectivity index (χ3v) is 3.39. The highest BCUT2D eigenvalue weighted by molar-refractivity contribution is 5.59. The molecule has 0 radical (unpaired) electrons. The summed E-state index contributed by atoms with van der Waals surface area (Å²) in [5.41, 5.74) is 9.04. The minimum absolute atomic E-state index is 0.597. The molecule has 3 heteroatoms. The lowest BCUT2D eigenvalue weighted by molar-refractivity contribution is 0.522. The fourth-order valence-electron chi connectivity index (χ4n) is 2.36. The Bertz CT molecular complexity index is 488. The number of fused-ring (bicyclic) bond motifs is 1. The molecule has 0 saturated carbocycles. The van der Waals surface area contributed by atoms with Crippen LogP contribution in [0.4, 0.5) is 0 Å². The summed E-state index contributed by atoms with van der Waals surface area (Å²) in [6.45, 7) is 5.71. The SMILES string of the molecule is CC.NCc1ccc(-c2cn3c(n2)CCCC3)cc1. The maximum atomic E-state index is 5.60. The molecule has 0 spiro atoms. The third kappa shape index (κ3) is 3.04. The predicted octanol–water partition coefficient (Wildman–Crippen LogP) is 3.37. The molecule has 0 fully saturated rings. The van der Waals surface area contributed by atoms with E-state index in [2.05, 4.69) is 35.0 Å². The van der Waals surface area contributed by atoms with Crippen LogP contribution in [0.2, 0.25) is 0 Å². The topological polar surface area (TPSA) is 43.8 Å². The quantitative estimate of drug-likeness (QED) is 0.896. The van der Waals surface area contributed by atoms with Crippen LogP contribution in [0.25, 0.3) is 11.3 Å². The van der Waals surface area contributed by atoms with E-state index in [0.717, 1.165) is 24.2 Å². The van der Waals surface area contributed by atoms with Gasteiger partial charge in [-0.15, -0.1) is 0 Å². The van der Waals surface area contributed by atoms with Gasteiger partial charge < -0.3 is 10.3 Å². The summed E-state index contributed by atoms with van der Waals surface area (Å²) in [7, 11) is 0. The maximum absolute atomic E-state index is 5.60. The van der Waals surface area contributed by atoms with Gasteiger partial charge in [0.25, 0.3) is 0 Å². The molecular weight excluding hydrogens is 234 g/mol. The zero-order valence-corrected chi connectivity index (χ0v) is 11.9. The van der Waals surface area contributed by atoms with Gasteiger partial charge in [0, 0.05) is 31.3 Å². The van der Waals surface area contributed by atoms with Crippen LogP contribution in [0.1, 0.15) is 38.1 Å². The third-order valence-electron chi connectivity index (χ3n) is 3.39. The summed E-state index contributed by atoms with van der Waals surface area (Å²) >= 11 is 0. The normalized spacial score (nSPS) is 13.4. The van der Waals surface area contributed by atoms with E-state index in [1.54, 1.807) is 0 Å². The summed E-state index contributed by atoms with van der Waals surface area (Å²) in [5.74, 6) is 1.23. The van der Waals surface area contributed by atoms with Gasteiger partial charge in [-0.1, -0.05) is 38.1 Å². The van der Waals surface area contributed by atoms with Gasteiger partial charge in [-0.2, -0.15) is 0 Å². The molecule has 1 aliphatic heterocycles. The second-order valence-electron chi connectivity index (χ2n) is 4.59. The first-order valence-electron chi connectivity index (χ1n) is 7.22. The molecule has 1 aromatic heterocycles. The standard InChI is InChI=1S/C14H17N3.C2H6/c15-9-11-4-6-12(7-5-11)13-10-17-8-2-1-3-14(17)16-13;1-2/h4-7,10H,1-3,8-9,15H2;1-2H3. The van der Waals surface area contributed by atoms with Crippen molar-refractivity contribution in [1.29, 1.82) is 0 Å². The Morgan fingerprint density at radius 3 is 2.53 bits per heavy atom. The Morgan fingerprint density at radius 1 is 1.16 bits per heavy atom. The van der Waals surface area contributed by atoms with E-state index in [1.807, 2.05) is 13.8 Å². The van der Waals surface area contributed by atoms with Crippen molar-refractivity contribution in [2.45, 2.75) is 46.2 Å². The Labute approximate surface area is 115 Å². The molecule has 0 amide bonds. The number of rotatable bonds is 2. The second-order valence-corrected chi connectivity index (χ2v) is 4.59. The molecule has 1 aliphatic rings. The summed E-state index contributed by atoms with van der Waals surface area (Å²) in [6.07, 6.45) is 5.82. The Morgan fingerprint density at radius 2 is 1.89 bits per heavy atom. The number of aryl methyl sites for hydroxylation is 2. The summed E-state index contributed by atoms with van der Waals surface area (Å²) in [6, 6.07) is 8.37. The molecule has 19 heavy (non-hydrogen) atoms. The van der Waals surface area contributed by atoms with Gasteiger partial charge in [0.2, 0.25) is 0 Å². The lowest BCUT2D eigenvalue weighted by atomic mass is 10.1. The highest BCUT2D eigenvalue weighted by Gasteiger charge is 2.12. The van der Waals surface area contributed by atoms with Crippen LogP contribution in [0, 0.1) is 0 Å². The smallest absolute Gasteiger partial charge is 0.109 e. The van der Waals surface area contributed by atoms with E-state index in [0.29, 0.717) is 6.54 Å². The summed E-state index contributed by atoms with van der Waals surface area (Å²) in [4.78, 5) is 4.71. The number of aromatic nitrogens is 2. The van der Waals surface area contributed by atoms with E-state index < -0.39 is 0 Å². The van der Waals surface area contributed by atoms with Gasteiger partial charge in [0.05, 0.1) is 5.69 Å². The van der Waals surface area contributed by atoms with Crippen molar-refractivity contribution in [3.8, 4) is 11.3 Å². The molecule has 102 valence electrons. The lowest BCUT2D eigenvalue weighted by Crippen LogP contribution is -2.08. The summed E-state index contributed by atoms with van der Waals surface area (Å²) in [5, 5.41) is 0. The molecule has 2 N–H and O–H groups in total. The molecule has 0 aliphatic carbocycles. The van der Waals surface area contributed by atoms with Gasteiger partial charge in [-0.05, 0) is 18.4 Å². The number of nitrogens with zero attached hydrogens (tertiary/aromatic N) is 2. The van der Waals surface area contributed by atoms with Gasteiger partial charge >= 0.3 is 0 Å². The number of hydrogen-bond acceptors (Lipinski definition) is 2. The first-order chi connectivity index (χ1) is 9.36. The average molecular weight is 257 g/mol. The van der Waals surface area contributed by atoms with E-state index in [4.69, 9.17) is 10.7 Å². The number of hydrogen-bond donors (Lipinski definition) is 1. The van der Waals surface area contributed by atoms with Crippen LogP contribution in [-0.4, -0.2) is 9.55 Å². The van der Waals surface area contributed by atoms with Crippen LogP contribution >= 0.6 is 0 Å². The molecule has 2 heterocycles. The Kier molecular flexibility index (Phi) is 4.74. The Hall–Kier alpha value is -1.61. The highest BCUT2D eigenvalue weighted by atomic mass is 15.1. The molecule has 0 bridgehead atoms. The maximum Gasteiger partial charge on any atom is 0.109 e. The molecule has 0 saturated heterocycles. The fraction of sp³-hybridized carbons (Fsp3) is 0.438. The van der Waals surface area contributed by atoms with Crippen molar-refractivity contribution in [1.82, 2.24) is 9.55 Å². The fourth-order valence-corrected chi connectivity index (χ4v) is 2.36. The van der Waals surface area contributed by atoms with Gasteiger partial charge in [-0.3, -0.25) is 0 Å². The molecule has 1 aromatic carbocycles. The van der Waals surface area contributed by atoms with Crippen LogP contribution in [0.3, 0.4) is 0 Å². The van der Waals surface area contributed by atoms with Crippen molar-refractivity contribution in [2.75, 3.05) is 0 Å². The van der Waals surface area contributed by atoms with Gasteiger partial charge in [-0.25, -0.2) is 4.98 Å². The summed E-state index contributed by atoms with van der Waals surface area (Å²) < 4.78 is 2.29. The highest BCUT2D eigenvalue weighted by Crippen LogP contribution is 2.22. The van der Waals surface area contributed by atoms with Crippen molar-refractivity contribution in [2.24, 2.45) is 5.73 Å². The zero-order chi connectivity index (χ0) is 13.7. The largest absolute Gasteiger partial charge is 0.334 e. The number of imidazole rings is 1. The van der Waals surface area contributed by atoms with E-state index in [1.165, 1.54) is 24.2 Å². The van der Waals surface area contributed by atoms with Crippen molar-refractivity contribution >= 4 is 0 Å². The van der Waals surface area contributed by atoms with Crippen LogP contribution in [0.15, 0.2) is 30.5 Å². The molecule has 3 nitrogen and oxygen atoms in total. The van der Waals surface area contributed by atoms with Crippen LogP contribution < -0.4 is 5.73 Å². The monoisotopic (exact) mass is 257 g/mol. The van der Waals surface area contributed by atoms with E-state index in [9.17, 15) is 0 Å². The molecular formula is C16H23N3. The lowest BCUT2D eigenvalue weighted by Gasteiger charge is -2.11. The minimum atomic E-state index is 0.597. The Balaban J connectivity index is 0.000000637. The molecule has 2 aromatic rings. The van der Waals surface area contributed by atoms with Crippen molar-refractivity contribution in [3.63, 3.8) is 0 Å².